The van der Waals surface area contributed by atoms with Crippen molar-refractivity contribution in [2.45, 2.75) is 40.0 Å². The molecule has 1 heterocycles. The Morgan fingerprint density at radius 3 is 2.75 bits per heavy atom. The molecule has 0 spiro atoms. The molecule has 0 atom stereocenters. The lowest BCUT2D eigenvalue weighted by atomic mass is 10.1. The van der Waals surface area contributed by atoms with Crippen LogP contribution in [0.2, 0.25) is 5.15 Å². The maximum absolute atomic E-state index is 5.86. The zero-order valence-electron chi connectivity index (χ0n) is 10.2. The molecule has 0 amide bonds. The molecule has 90 valence electrons. The second-order valence-electron chi connectivity index (χ2n) is 4.18. The van der Waals surface area contributed by atoms with Gasteiger partial charge in [0.05, 0.1) is 6.61 Å². The van der Waals surface area contributed by atoms with E-state index in [9.17, 15) is 0 Å². The van der Waals surface area contributed by atoms with Crippen LogP contribution in [0.4, 0.5) is 0 Å². The predicted octanol–water partition coefficient (Wildman–Crippen LogP) is 3.51. The number of nitrogens with zero attached hydrogens (tertiary/aromatic N) is 2. The average molecular weight is 243 g/mol. The molecule has 0 aliphatic rings. The maximum atomic E-state index is 5.86. The normalized spacial score (nSPS) is 10.8. The maximum Gasteiger partial charge on any atom is 0.218 e. The second kappa shape index (κ2) is 6.69. The molecule has 1 rings (SSSR count). The van der Waals surface area contributed by atoms with Gasteiger partial charge < -0.3 is 4.74 Å². The van der Waals surface area contributed by atoms with Crippen molar-refractivity contribution in [1.29, 1.82) is 0 Å². The minimum absolute atomic E-state index is 0.450. The third-order valence-corrected chi connectivity index (χ3v) is 2.40. The topological polar surface area (TPSA) is 35.0 Å². The van der Waals surface area contributed by atoms with Crippen molar-refractivity contribution in [3.05, 3.63) is 17.0 Å². The van der Waals surface area contributed by atoms with Crippen molar-refractivity contribution in [3.8, 4) is 5.88 Å². The van der Waals surface area contributed by atoms with Gasteiger partial charge in [0.1, 0.15) is 11.0 Å². The summed E-state index contributed by atoms with van der Waals surface area (Å²) in [4.78, 5) is 8.33. The van der Waals surface area contributed by atoms with E-state index >= 15 is 0 Å². The molecule has 0 aromatic carbocycles. The van der Waals surface area contributed by atoms with Gasteiger partial charge in [0.2, 0.25) is 5.88 Å². The number of halogens is 1. The molecule has 0 fully saturated rings. The van der Waals surface area contributed by atoms with E-state index in [1.54, 1.807) is 6.07 Å². The van der Waals surface area contributed by atoms with Crippen molar-refractivity contribution in [1.82, 2.24) is 9.97 Å². The van der Waals surface area contributed by atoms with E-state index in [1.165, 1.54) is 6.42 Å². The van der Waals surface area contributed by atoms with Crippen molar-refractivity contribution in [2.75, 3.05) is 6.61 Å². The Morgan fingerprint density at radius 1 is 1.38 bits per heavy atom. The second-order valence-corrected chi connectivity index (χ2v) is 4.57. The number of aryl methyl sites for hydroxylation is 1. The smallest absolute Gasteiger partial charge is 0.218 e. The fourth-order valence-electron chi connectivity index (χ4n) is 1.34. The van der Waals surface area contributed by atoms with Gasteiger partial charge >= 0.3 is 0 Å². The van der Waals surface area contributed by atoms with Crippen LogP contribution >= 0.6 is 11.6 Å². The van der Waals surface area contributed by atoms with Crippen molar-refractivity contribution in [2.24, 2.45) is 5.92 Å². The summed E-state index contributed by atoms with van der Waals surface area (Å²) >= 11 is 5.86. The third-order valence-electron chi connectivity index (χ3n) is 2.21. The molecule has 1 aromatic rings. The summed E-state index contributed by atoms with van der Waals surface area (Å²) in [6.45, 7) is 7.09. The molecule has 4 heteroatoms. The first-order valence-electron chi connectivity index (χ1n) is 5.78. The van der Waals surface area contributed by atoms with Crippen LogP contribution in [0, 0.1) is 5.92 Å². The number of rotatable bonds is 6. The number of aromatic nitrogens is 2. The Morgan fingerprint density at radius 2 is 2.12 bits per heavy atom. The summed E-state index contributed by atoms with van der Waals surface area (Å²) in [7, 11) is 0. The zero-order valence-corrected chi connectivity index (χ0v) is 10.9. The van der Waals surface area contributed by atoms with Crippen LogP contribution in [-0.4, -0.2) is 16.6 Å². The molecule has 16 heavy (non-hydrogen) atoms. The minimum atomic E-state index is 0.450. The Bertz CT molecular complexity index is 329. The largest absolute Gasteiger partial charge is 0.478 e. The molecule has 0 N–H and O–H groups in total. The number of hydrogen-bond donors (Lipinski definition) is 0. The lowest BCUT2D eigenvalue weighted by molar-refractivity contribution is 0.286. The molecular weight excluding hydrogens is 224 g/mol. The van der Waals surface area contributed by atoms with Gasteiger partial charge in [0.25, 0.3) is 0 Å². The van der Waals surface area contributed by atoms with Crippen molar-refractivity contribution < 1.29 is 4.74 Å². The molecule has 0 unspecified atom stereocenters. The fourth-order valence-corrected chi connectivity index (χ4v) is 1.53. The molecule has 0 radical (unpaired) electrons. The first-order valence-corrected chi connectivity index (χ1v) is 6.16. The number of ether oxygens (including phenoxy) is 1. The monoisotopic (exact) mass is 242 g/mol. The Balaban J connectivity index is 2.44. The molecule has 0 aliphatic heterocycles. The summed E-state index contributed by atoms with van der Waals surface area (Å²) in [6, 6.07) is 1.66. The highest BCUT2D eigenvalue weighted by atomic mass is 35.5. The van der Waals surface area contributed by atoms with Gasteiger partial charge in [-0.2, -0.15) is 4.98 Å². The molecule has 3 nitrogen and oxygen atoms in total. The van der Waals surface area contributed by atoms with Crippen molar-refractivity contribution in [3.63, 3.8) is 0 Å². The summed E-state index contributed by atoms with van der Waals surface area (Å²) in [5.41, 5.74) is 0. The van der Waals surface area contributed by atoms with Crippen molar-refractivity contribution >= 4 is 11.6 Å². The van der Waals surface area contributed by atoms with Crippen LogP contribution in [0.1, 0.15) is 39.4 Å². The van der Waals surface area contributed by atoms with Crippen LogP contribution < -0.4 is 4.74 Å². The van der Waals surface area contributed by atoms with Gasteiger partial charge in [-0.15, -0.1) is 0 Å². The van der Waals surface area contributed by atoms with Crippen LogP contribution in [-0.2, 0) is 6.42 Å². The lowest BCUT2D eigenvalue weighted by Crippen LogP contribution is -2.03. The van der Waals surface area contributed by atoms with E-state index in [2.05, 4.69) is 23.8 Å². The molecule has 0 bridgehead atoms. The highest BCUT2D eigenvalue weighted by molar-refractivity contribution is 6.29. The Hall–Kier alpha value is -0.830. The first-order chi connectivity index (χ1) is 7.61. The van der Waals surface area contributed by atoms with E-state index in [0.29, 0.717) is 23.6 Å². The van der Waals surface area contributed by atoms with Gasteiger partial charge in [0, 0.05) is 12.5 Å². The van der Waals surface area contributed by atoms with Gasteiger partial charge in [0.15, 0.2) is 0 Å². The quantitative estimate of drug-likeness (QED) is 0.566. The Labute approximate surface area is 102 Å². The molecular formula is C12H19ClN2O. The predicted molar refractivity (Wildman–Crippen MR) is 66.0 cm³/mol. The average Bonchev–Trinajstić information content (AvgIpc) is 2.23. The molecule has 0 aliphatic carbocycles. The fraction of sp³-hybridized carbons (Fsp3) is 0.667. The van der Waals surface area contributed by atoms with Crippen LogP contribution in [0.25, 0.3) is 0 Å². The van der Waals surface area contributed by atoms with E-state index in [1.807, 2.05) is 6.92 Å². The van der Waals surface area contributed by atoms with Crippen LogP contribution in [0.5, 0.6) is 5.88 Å². The molecule has 0 saturated carbocycles. The van der Waals surface area contributed by atoms with E-state index in [-0.39, 0.29) is 0 Å². The highest BCUT2D eigenvalue weighted by Crippen LogP contribution is 2.14. The van der Waals surface area contributed by atoms with Gasteiger partial charge in [-0.25, -0.2) is 4.98 Å². The summed E-state index contributed by atoms with van der Waals surface area (Å²) in [6.07, 6.45) is 2.98. The summed E-state index contributed by atoms with van der Waals surface area (Å²) in [5, 5.41) is 0.450. The van der Waals surface area contributed by atoms with E-state index in [4.69, 9.17) is 16.3 Å². The van der Waals surface area contributed by atoms with Gasteiger partial charge in [-0.05, 0) is 18.8 Å². The zero-order chi connectivity index (χ0) is 12.0. The summed E-state index contributed by atoms with van der Waals surface area (Å²) in [5.74, 6) is 2.02. The molecule has 1 aromatic heterocycles. The van der Waals surface area contributed by atoms with Crippen LogP contribution in [0.3, 0.4) is 0 Å². The number of hydrogen-bond acceptors (Lipinski definition) is 3. The van der Waals surface area contributed by atoms with Gasteiger partial charge in [-0.3, -0.25) is 0 Å². The standard InChI is InChI=1S/C12H19ClN2O/c1-4-11-14-10(13)8-12(15-11)16-7-5-6-9(2)3/h8-9H,4-7H2,1-3H3. The van der Waals surface area contributed by atoms with E-state index in [0.717, 1.165) is 18.7 Å². The van der Waals surface area contributed by atoms with Crippen LogP contribution in [0.15, 0.2) is 6.07 Å². The first kappa shape index (κ1) is 13.2. The van der Waals surface area contributed by atoms with Gasteiger partial charge in [-0.1, -0.05) is 32.4 Å². The Kier molecular flexibility index (Phi) is 5.53. The SMILES string of the molecule is CCc1nc(Cl)cc(OCCCC(C)C)n1. The third kappa shape index (κ3) is 4.79. The highest BCUT2D eigenvalue weighted by Gasteiger charge is 2.03. The summed E-state index contributed by atoms with van der Waals surface area (Å²) < 4.78 is 5.54. The lowest BCUT2D eigenvalue weighted by Gasteiger charge is -2.07. The van der Waals surface area contributed by atoms with E-state index < -0.39 is 0 Å². The molecule has 0 saturated heterocycles. The minimum Gasteiger partial charge on any atom is -0.478 e.